The van der Waals surface area contributed by atoms with Gasteiger partial charge in [-0.25, -0.2) is 0 Å². The highest BCUT2D eigenvalue weighted by molar-refractivity contribution is 4.84. The Balaban J connectivity index is 1.81. The molecule has 1 heteroatoms. The van der Waals surface area contributed by atoms with Crippen LogP contribution in [0, 0.1) is 23.7 Å². The van der Waals surface area contributed by atoms with Crippen LogP contribution < -0.4 is 5.32 Å². The second kappa shape index (κ2) is 8.41. The molecule has 0 aromatic rings. The maximum absolute atomic E-state index is 3.90. The Hall–Kier alpha value is -0.0400. The number of hydrogen-bond donors (Lipinski definition) is 1. The number of nitrogens with one attached hydrogen (secondary N) is 1. The molecule has 0 amide bonds. The van der Waals surface area contributed by atoms with Crippen LogP contribution in [0.2, 0.25) is 0 Å². The largest absolute Gasteiger partial charge is 0.314 e. The molecule has 0 saturated heterocycles. The lowest BCUT2D eigenvalue weighted by atomic mass is 9.72. The summed E-state index contributed by atoms with van der Waals surface area (Å²) in [5.74, 6) is 3.90. The van der Waals surface area contributed by atoms with Gasteiger partial charge in [0.05, 0.1) is 0 Å². The zero-order chi connectivity index (χ0) is 14.4. The maximum atomic E-state index is 3.90. The van der Waals surface area contributed by atoms with Crippen molar-refractivity contribution in [3.63, 3.8) is 0 Å². The van der Waals surface area contributed by atoms with E-state index >= 15 is 0 Å². The average molecular weight is 280 g/mol. The SMILES string of the molecule is CCCNC(CCC1CCCC1)C1CCC(C)C(C)C1. The van der Waals surface area contributed by atoms with Gasteiger partial charge in [0, 0.05) is 6.04 Å². The molecular formula is C19H37N. The van der Waals surface area contributed by atoms with E-state index in [4.69, 9.17) is 0 Å². The molecule has 2 aliphatic carbocycles. The van der Waals surface area contributed by atoms with Crippen molar-refractivity contribution in [2.24, 2.45) is 23.7 Å². The van der Waals surface area contributed by atoms with Crippen molar-refractivity contribution in [1.29, 1.82) is 0 Å². The van der Waals surface area contributed by atoms with Crippen molar-refractivity contribution in [3.8, 4) is 0 Å². The van der Waals surface area contributed by atoms with E-state index in [1.54, 1.807) is 0 Å². The molecule has 0 heterocycles. The van der Waals surface area contributed by atoms with Crippen molar-refractivity contribution in [2.75, 3.05) is 6.54 Å². The first kappa shape index (κ1) is 16.3. The van der Waals surface area contributed by atoms with Crippen molar-refractivity contribution in [2.45, 2.75) is 91.0 Å². The summed E-state index contributed by atoms with van der Waals surface area (Å²) in [5, 5.41) is 3.90. The van der Waals surface area contributed by atoms with Gasteiger partial charge in [-0.2, -0.15) is 0 Å². The fraction of sp³-hybridized carbons (Fsp3) is 1.00. The van der Waals surface area contributed by atoms with Crippen LogP contribution in [0.25, 0.3) is 0 Å². The molecule has 0 aliphatic heterocycles. The minimum absolute atomic E-state index is 0.811. The first-order chi connectivity index (χ1) is 9.70. The third-order valence-corrected chi connectivity index (χ3v) is 6.22. The van der Waals surface area contributed by atoms with Crippen molar-refractivity contribution < 1.29 is 0 Å². The molecule has 1 N–H and O–H groups in total. The molecule has 4 atom stereocenters. The van der Waals surface area contributed by atoms with Crippen LogP contribution in [-0.4, -0.2) is 12.6 Å². The molecule has 2 aliphatic rings. The second-order valence-electron chi connectivity index (χ2n) is 7.82. The summed E-state index contributed by atoms with van der Waals surface area (Å²) in [5.41, 5.74) is 0. The predicted molar refractivity (Wildman–Crippen MR) is 88.9 cm³/mol. The van der Waals surface area contributed by atoms with Gasteiger partial charge in [-0.1, -0.05) is 52.9 Å². The van der Waals surface area contributed by atoms with E-state index < -0.39 is 0 Å². The summed E-state index contributed by atoms with van der Waals surface area (Å²) in [4.78, 5) is 0. The highest BCUT2D eigenvalue weighted by Crippen LogP contribution is 2.37. The van der Waals surface area contributed by atoms with Gasteiger partial charge in [0.25, 0.3) is 0 Å². The molecule has 2 saturated carbocycles. The molecular weight excluding hydrogens is 242 g/mol. The zero-order valence-corrected chi connectivity index (χ0v) is 14.2. The lowest BCUT2D eigenvalue weighted by molar-refractivity contribution is 0.162. The molecule has 0 radical (unpaired) electrons. The Labute approximate surface area is 127 Å². The van der Waals surface area contributed by atoms with E-state index in [0.29, 0.717) is 0 Å². The van der Waals surface area contributed by atoms with Crippen LogP contribution in [0.5, 0.6) is 0 Å². The van der Waals surface area contributed by atoms with E-state index in [9.17, 15) is 0 Å². The fourth-order valence-electron chi connectivity index (χ4n) is 4.50. The van der Waals surface area contributed by atoms with Gasteiger partial charge in [0.1, 0.15) is 0 Å². The summed E-state index contributed by atoms with van der Waals surface area (Å²) in [6.45, 7) is 8.45. The van der Waals surface area contributed by atoms with Gasteiger partial charge in [-0.05, 0) is 62.3 Å². The summed E-state index contributed by atoms with van der Waals surface area (Å²) < 4.78 is 0. The van der Waals surface area contributed by atoms with Gasteiger partial charge in [-0.3, -0.25) is 0 Å². The maximum Gasteiger partial charge on any atom is 0.00955 e. The third kappa shape index (κ3) is 4.76. The number of hydrogen-bond acceptors (Lipinski definition) is 1. The lowest BCUT2D eigenvalue weighted by Gasteiger charge is -2.37. The minimum atomic E-state index is 0.811. The molecule has 4 unspecified atom stereocenters. The minimum Gasteiger partial charge on any atom is -0.314 e. The highest BCUT2D eigenvalue weighted by atomic mass is 14.9. The van der Waals surface area contributed by atoms with Crippen molar-refractivity contribution in [1.82, 2.24) is 5.32 Å². The van der Waals surface area contributed by atoms with E-state index in [1.807, 2.05) is 0 Å². The topological polar surface area (TPSA) is 12.0 Å². The zero-order valence-electron chi connectivity index (χ0n) is 14.2. The molecule has 2 fully saturated rings. The van der Waals surface area contributed by atoms with Crippen LogP contribution in [-0.2, 0) is 0 Å². The monoisotopic (exact) mass is 279 g/mol. The predicted octanol–water partition coefficient (Wildman–Crippen LogP) is 5.40. The Morgan fingerprint density at radius 1 is 1.00 bits per heavy atom. The van der Waals surface area contributed by atoms with Gasteiger partial charge >= 0.3 is 0 Å². The van der Waals surface area contributed by atoms with Gasteiger partial charge < -0.3 is 5.32 Å². The Kier molecular flexibility index (Phi) is 6.87. The summed E-state index contributed by atoms with van der Waals surface area (Å²) in [6.07, 6.45) is 14.6. The normalized spacial score (nSPS) is 33.5. The van der Waals surface area contributed by atoms with E-state index in [-0.39, 0.29) is 0 Å². The van der Waals surface area contributed by atoms with Gasteiger partial charge in [0.2, 0.25) is 0 Å². The Bertz CT molecular complexity index is 256. The molecule has 0 spiro atoms. The second-order valence-corrected chi connectivity index (χ2v) is 7.82. The standard InChI is InChI=1S/C19H37N/c1-4-13-20-19(12-10-17-7-5-6-8-17)18-11-9-15(2)16(3)14-18/h15-20H,4-14H2,1-3H3. The van der Waals surface area contributed by atoms with Crippen LogP contribution in [0.15, 0.2) is 0 Å². The molecule has 0 aromatic heterocycles. The molecule has 2 rings (SSSR count). The molecule has 1 nitrogen and oxygen atoms in total. The Morgan fingerprint density at radius 3 is 2.40 bits per heavy atom. The van der Waals surface area contributed by atoms with E-state index in [0.717, 1.165) is 29.7 Å². The smallest absolute Gasteiger partial charge is 0.00955 e. The molecule has 118 valence electrons. The first-order valence-electron chi connectivity index (χ1n) is 9.44. The molecule has 0 aromatic carbocycles. The third-order valence-electron chi connectivity index (χ3n) is 6.22. The quantitative estimate of drug-likeness (QED) is 0.658. The molecule has 0 bridgehead atoms. The van der Waals surface area contributed by atoms with E-state index in [2.05, 4.69) is 26.1 Å². The lowest BCUT2D eigenvalue weighted by Crippen LogP contribution is -2.40. The molecule has 20 heavy (non-hydrogen) atoms. The first-order valence-corrected chi connectivity index (χ1v) is 9.44. The highest BCUT2D eigenvalue weighted by Gasteiger charge is 2.30. The van der Waals surface area contributed by atoms with Crippen LogP contribution in [0.4, 0.5) is 0 Å². The average Bonchev–Trinajstić information content (AvgIpc) is 2.95. The van der Waals surface area contributed by atoms with Gasteiger partial charge in [-0.15, -0.1) is 0 Å². The Morgan fingerprint density at radius 2 is 1.75 bits per heavy atom. The number of rotatable bonds is 7. The van der Waals surface area contributed by atoms with Crippen molar-refractivity contribution >= 4 is 0 Å². The van der Waals surface area contributed by atoms with E-state index in [1.165, 1.54) is 70.8 Å². The van der Waals surface area contributed by atoms with Crippen molar-refractivity contribution in [3.05, 3.63) is 0 Å². The fourth-order valence-corrected chi connectivity index (χ4v) is 4.50. The van der Waals surface area contributed by atoms with Gasteiger partial charge in [0.15, 0.2) is 0 Å². The van der Waals surface area contributed by atoms with Crippen LogP contribution in [0.1, 0.15) is 85.0 Å². The van der Waals surface area contributed by atoms with Crippen LogP contribution in [0.3, 0.4) is 0 Å². The summed E-state index contributed by atoms with van der Waals surface area (Å²) in [7, 11) is 0. The summed E-state index contributed by atoms with van der Waals surface area (Å²) >= 11 is 0. The summed E-state index contributed by atoms with van der Waals surface area (Å²) in [6, 6.07) is 0.811. The van der Waals surface area contributed by atoms with Crippen LogP contribution >= 0.6 is 0 Å².